The van der Waals surface area contributed by atoms with Crippen LogP contribution in [0.2, 0.25) is 0 Å². The average Bonchev–Trinajstić information content (AvgIpc) is 2.87. The Morgan fingerprint density at radius 3 is 2.44 bits per heavy atom. The van der Waals surface area contributed by atoms with E-state index in [1.165, 1.54) is 10.8 Å². The maximum absolute atomic E-state index is 13.3. The molecule has 174 valence electrons. The van der Waals surface area contributed by atoms with E-state index < -0.39 is 11.2 Å². The summed E-state index contributed by atoms with van der Waals surface area (Å²) in [5.41, 5.74) is 0.836. The van der Waals surface area contributed by atoms with E-state index in [-0.39, 0.29) is 24.5 Å². The van der Waals surface area contributed by atoms with Crippen LogP contribution in [-0.4, -0.2) is 34.2 Å². The topological polar surface area (TPSA) is 104 Å². The normalized spacial score (nSPS) is 10.8. The number of carbonyl (C=O) groups is 1. The largest absolute Gasteiger partial charge is 0.493 e. The van der Waals surface area contributed by atoms with E-state index in [2.05, 4.69) is 10.3 Å². The second-order valence-corrected chi connectivity index (χ2v) is 7.55. The maximum atomic E-state index is 13.3. The molecule has 2 heterocycles. The first-order valence-electron chi connectivity index (χ1n) is 10.7. The van der Waals surface area contributed by atoms with Crippen LogP contribution in [0.15, 0.2) is 76.4 Å². The number of carbonyl (C=O) groups excluding carboxylic acids is 1. The lowest BCUT2D eigenvalue weighted by molar-refractivity contribution is -0.116. The Balaban J connectivity index is 1.67. The van der Waals surface area contributed by atoms with Gasteiger partial charge in [-0.25, -0.2) is 9.78 Å². The molecule has 0 aliphatic rings. The monoisotopic (exact) mass is 460 g/mol. The van der Waals surface area contributed by atoms with Gasteiger partial charge in [0.05, 0.1) is 19.7 Å². The molecule has 0 unspecified atom stereocenters. The summed E-state index contributed by atoms with van der Waals surface area (Å²) in [5, 5.41) is 2.77. The standard InChI is InChI=1S/C25H24N4O5/c1-33-20-11-10-17(15-21(20)34-2)12-14-28-24(31)23-19(9-6-13-26-23)29(25(28)32)16-22(30)27-18-7-4-3-5-8-18/h3-11,13,15H,12,14,16H2,1-2H3,(H,27,30). The van der Waals surface area contributed by atoms with Crippen molar-refractivity contribution in [1.29, 1.82) is 0 Å². The Hall–Kier alpha value is -4.40. The van der Waals surface area contributed by atoms with Crippen LogP contribution in [0.5, 0.6) is 11.5 Å². The Labute approximate surface area is 195 Å². The van der Waals surface area contributed by atoms with Crippen LogP contribution in [0.4, 0.5) is 5.69 Å². The minimum atomic E-state index is -0.575. The fourth-order valence-corrected chi connectivity index (χ4v) is 3.74. The highest BCUT2D eigenvalue weighted by molar-refractivity contribution is 5.91. The van der Waals surface area contributed by atoms with E-state index in [0.717, 1.165) is 10.1 Å². The van der Waals surface area contributed by atoms with Crippen LogP contribution in [0.25, 0.3) is 11.0 Å². The number of fused-ring (bicyclic) bond motifs is 1. The summed E-state index contributed by atoms with van der Waals surface area (Å²) in [4.78, 5) is 43.2. The predicted octanol–water partition coefficient (Wildman–Crippen LogP) is 2.46. The summed E-state index contributed by atoms with van der Waals surface area (Å²) >= 11 is 0. The van der Waals surface area contributed by atoms with Gasteiger partial charge in [0.15, 0.2) is 17.0 Å². The molecule has 9 heteroatoms. The number of nitrogens with one attached hydrogen (secondary N) is 1. The van der Waals surface area contributed by atoms with E-state index in [9.17, 15) is 14.4 Å². The van der Waals surface area contributed by atoms with E-state index in [1.54, 1.807) is 62.8 Å². The summed E-state index contributed by atoms with van der Waals surface area (Å²) in [6, 6.07) is 17.6. The first-order chi connectivity index (χ1) is 16.5. The van der Waals surface area contributed by atoms with Crippen molar-refractivity contribution >= 4 is 22.6 Å². The van der Waals surface area contributed by atoms with Gasteiger partial charge in [-0.3, -0.25) is 18.7 Å². The highest BCUT2D eigenvalue weighted by Gasteiger charge is 2.16. The molecule has 0 bridgehead atoms. The third-order valence-electron chi connectivity index (χ3n) is 5.42. The molecule has 34 heavy (non-hydrogen) atoms. The highest BCUT2D eigenvalue weighted by atomic mass is 16.5. The van der Waals surface area contributed by atoms with Gasteiger partial charge in [0, 0.05) is 18.4 Å². The van der Waals surface area contributed by atoms with Gasteiger partial charge in [-0.15, -0.1) is 0 Å². The summed E-state index contributed by atoms with van der Waals surface area (Å²) < 4.78 is 13.0. The summed E-state index contributed by atoms with van der Waals surface area (Å²) in [6.07, 6.45) is 1.88. The third kappa shape index (κ3) is 4.68. The van der Waals surface area contributed by atoms with Crippen LogP contribution in [0, 0.1) is 0 Å². The molecule has 4 rings (SSSR count). The molecule has 1 N–H and O–H groups in total. The van der Waals surface area contributed by atoms with Crippen molar-refractivity contribution in [2.45, 2.75) is 19.5 Å². The lowest BCUT2D eigenvalue weighted by atomic mass is 10.1. The van der Waals surface area contributed by atoms with Gasteiger partial charge in [0.2, 0.25) is 5.91 Å². The number of ether oxygens (including phenoxy) is 2. The van der Waals surface area contributed by atoms with Gasteiger partial charge in [0.25, 0.3) is 5.56 Å². The summed E-state index contributed by atoms with van der Waals surface area (Å²) in [7, 11) is 3.09. The molecule has 9 nitrogen and oxygen atoms in total. The van der Waals surface area contributed by atoms with E-state index in [1.807, 2.05) is 12.1 Å². The second kappa shape index (κ2) is 10.0. The Kier molecular flexibility index (Phi) is 6.72. The number of rotatable bonds is 8. The number of nitrogens with zero attached hydrogens (tertiary/aromatic N) is 3. The van der Waals surface area contributed by atoms with Crippen LogP contribution < -0.4 is 26.0 Å². The second-order valence-electron chi connectivity index (χ2n) is 7.55. The Morgan fingerprint density at radius 1 is 0.941 bits per heavy atom. The molecule has 0 radical (unpaired) electrons. The van der Waals surface area contributed by atoms with Crippen molar-refractivity contribution in [3.05, 3.63) is 93.3 Å². The molecule has 0 saturated heterocycles. The van der Waals surface area contributed by atoms with Crippen LogP contribution in [0.3, 0.4) is 0 Å². The first-order valence-corrected chi connectivity index (χ1v) is 10.7. The number of pyridine rings is 1. The maximum Gasteiger partial charge on any atom is 0.332 e. The molecule has 0 fully saturated rings. The molecular formula is C25H24N4O5. The number of para-hydroxylation sites is 1. The van der Waals surface area contributed by atoms with Gasteiger partial charge >= 0.3 is 5.69 Å². The fourth-order valence-electron chi connectivity index (χ4n) is 3.74. The highest BCUT2D eigenvalue weighted by Crippen LogP contribution is 2.27. The SMILES string of the molecule is COc1ccc(CCn2c(=O)c3ncccc3n(CC(=O)Nc3ccccc3)c2=O)cc1OC. The number of hydrogen-bond donors (Lipinski definition) is 1. The fraction of sp³-hybridized carbons (Fsp3) is 0.200. The number of amides is 1. The first kappa shape index (κ1) is 22.8. The number of aryl methyl sites for hydroxylation is 1. The molecular weight excluding hydrogens is 436 g/mol. The van der Waals surface area contributed by atoms with Crippen molar-refractivity contribution in [2.75, 3.05) is 19.5 Å². The quantitative estimate of drug-likeness (QED) is 0.433. The lowest BCUT2D eigenvalue weighted by Crippen LogP contribution is -2.42. The summed E-state index contributed by atoms with van der Waals surface area (Å²) in [5.74, 6) is 0.760. The van der Waals surface area contributed by atoms with Crippen molar-refractivity contribution in [3.63, 3.8) is 0 Å². The van der Waals surface area contributed by atoms with Crippen molar-refractivity contribution in [1.82, 2.24) is 14.1 Å². The minimum Gasteiger partial charge on any atom is -0.493 e. The van der Waals surface area contributed by atoms with Crippen molar-refractivity contribution in [3.8, 4) is 11.5 Å². The van der Waals surface area contributed by atoms with Gasteiger partial charge in [0.1, 0.15) is 6.54 Å². The van der Waals surface area contributed by atoms with Crippen LogP contribution in [0.1, 0.15) is 5.56 Å². The number of benzene rings is 2. The van der Waals surface area contributed by atoms with Gasteiger partial charge in [-0.2, -0.15) is 0 Å². The number of methoxy groups -OCH3 is 2. The third-order valence-corrected chi connectivity index (χ3v) is 5.42. The zero-order valence-electron chi connectivity index (χ0n) is 18.9. The van der Waals surface area contributed by atoms with Gasteiger partial charge in [-0.05, 0) is 48.4 Å². The van der Waals surface area contributed by atoms with Crippen molar-refractivity contribution < 1.29 is 14.3 Å². The van der Waals surface area contributed by atoms with E-state index in [0.29, 0.717) is 29.1 Å². The zero-order chi connectivity index (χ0) is 24.1. The smallest absolute Gasteiger partial charge is 0.332 e. The molecule has 0 atom stereocenters. The number of hydrogen-bond acceptors (Lipinski definition) is 6. The number of aromatic nitrogens is 3. The molecule has 4 aromatic rings. The molecule has 1 amide bonds. The Bertz CT molecular complexity index is 1440. The average molecular weight is 460 g/mol. The zero-order valence-corrected chi connectivity index (χ0v) is 18.9. The van der Waals surface area contributed by atoms with Crippen molar-refractivity contribution in [2.24, 2.45) is 0 Å². The molecule has 0 saturated carbocycles. The molecule has 2 aromatic heterocycles. The molecule has 0 spiro atoms. The van der Waals surface area contributed by atoms with Crippen LogP contribution >= 0.6 is 0 Å². The predicted molar refractivity (Wildman–Crippen MR) is 129 cm³/mol. The molecule has 2 aromatic carbocycles. The van der Waals surface area contributed by atoms with E-state index >= 15 is 0 Å². The lowest BCUT2D eigenvalue weighted by Gasteiger charge is -2.14. The van der Waals surface area contributed by atoms with Crippen LogP contribution in [-0.2, 0) is 24.3 Å². The minimum absolute atomic E-state index is 0.111. The Morgan fingerprint density at radius 2 is 1.71 bits per heavy atom. The molecule has 0 aliphatic carbocycles. The number of anilines is 1. The summed E-state index contributed by atoms with van der Waals surface area (Å²) in [6.45, 7) is -0.146. The molecule has 0 aliphatic heterocycles. The van der Waals surface area contributed by atoms with Gasteiger partial charge < -0.3 is 14.8 Å². The van der Waals surface area contributed by atoms with E-state index in [4.69, 9.17) is 9.47 Å². The van der Waals surface area contributed by atoms with Gasteiger partial charge in [-0.1, -0.05) is 24.3 Å².